The fraction of sp³-hybridized carbons (Fsp3) is 1.00. The SMILES string of the molecule is CC1CCC([N-]C2CCCCC2SC2CCCCC2[N-]C2CCC(C)CC2C)C(C)C1.[Cl][Ti][Cl]. The van der Waals surface area contributed by atoms with E-state index >= 15 is 0 Å². The van der Waals surface area contributed by atoms with Gasteiger partial charge in [-0.2, -0.15) is 11.8 Å². The van der Waals surface area contributed by atoms with E-state index in [0.29, 0.717) is 24.2 Å². The van der Waals surface area contributed by atoms with Gasteiger partial charge in [0.15, 0.2) is 0 Å². The van der Waals surface area contributed by atoms with E-state index in [2.05, 4.69) is 39.5 Å². The summed E-state index contributed by atoms with van der Waals surface area (Å²) < 4.78 is 0. The van der Waals surface area contributed by atoms with E-state index in [4.69, 9.17) is 29.2 Å². The molecule has 4 fully saturated rings. The van der Waals surface area contributed by atoms with Gasteiger partial charge in [0.1, 0.15) is 0 Å². The van der Waals surface area contributed by atoms with Crippen LogP contribution in [0.2, 0.25) is 0 Å². The fourth-order valence-electron chi connectivity index (χ4n) is 7.27. The Bertz CT molecular complexity index is 525. The number of nitrogens with zero attached hydrogens (tertiary/aromatic N) is 2. The molecular formula is C28H50Cl2N2STi-2. The maximum absolute atomic E-state index is 5.57. The van der Waals surface area contributed by atoms with Crippen LogP contribution in [0.15, 0.2) is 0 Å². The molecule has 4 saturated carbocycles. The van der Waals surface area contributed by atoms with Crippen molar-refractivity contribution in [2.24, 2.45) is 23.7 Å². The number of thioether (sulfide) groups is 1. The minimum absolute atomic E-state index is 0.556. The molecule has 10 atom stereocenters. The Morgan fingerprint density at radius 3 is 1.32 bits per heavy atom. The van der Waals surface area contributed by atoms with Crippen LogP contribution in [0.4, 0.5) is 0 Å². The van der Waals surface area contributed by atoms with Crippen molar-refractivity contribution in [2.75, 3.05) is 0 Å². The van der Waals surface area contributed by atoms with Crippen LogP contribution >= 0.6 is 30.4 Å². The van der Waals surface area contributed by atoms with Crippen molar-refractivity contribution < 1.29 is 17.0 Å². The number of hydrogen-bond acceptors (Lipinski definition) is 1. The molecule has 0 aromatic carbocycles. The maximum atomic E-state index is 5.57. The first kappa shape index (κ1) is 30.1. The summed E-state index contributed by atoms with van der Waals surface area (Å²) in [6, 6.07) is 2.52. The van der Waals surface area contributed by atoms with Crippen molar-refractivity contribution in [3.8, 4) is 0 Å². The van der Waals surface area contributed by atoms with Crippen molar-refractivity contribution in [1.29, 1.82) is 0 Å². The van der Waals surface area contributed by atoms with Crippen molar-refractivity contribution >= 4 is 30.4 Å². The quantitative estimate of drug-likeness (QED) is 0.295. The van der Waals surface area contributed by atoms with Gasteiger partial charge in [-0.3, -0.25) is 0 Å². The Kier molecular flexibility index (Phi) is 14.0. The average Bonchev–Trinajstić information content (AvgIpc) is 2.80. The molecule has 198 valence electrons. The molecule has 34 heavy (non-hydrogen) atoms. The summed E-state index contributed by atoms with van der Waals surface area (Å²) in [5.74, 6) is 3.41. The molecule has 10 unspecified atom stereocenters. The van der Waals surface area contributed by atoms with Crippen LogP contribution in [0.3, 0.4) is 0 Å². The Morgan fingerprint density at radius 2 is 0.941 bits per heavy atom. The summed E-state index contributed by atoms with van der Waals surface area (Å²) in [5.41, 5.74) is 0. The average molecular weight is 566 g/mol. The molecule has 4 aliphatic carbocycles. The molecule has 0 aromatic heterocycles. The third-order valence-electron chi connectivity index (χ3n) is 9.22. The van der Waals surface area contributed by atoms with E-state index in [1.165, 1.54) is 89.9 Å². The van der Waals surface area contributed by atoms with E-state index < -0.39 is 17.0 Å². The van der Waals surface area contributed by atoms with Gasteiger partial charge < -0.3 is 10.6 Å². The van der Waals surface area contributed by atoms with Crippen molar-refractivity contribution in [1.82, 2.24) is 0 Å². The second-order valence-corrected chi connectivity index (χ2v) is 16.3. The molecule has 4 rings (SSSR count). The minimum atomic E-state index is -0.556. The van der Waals surface area contributed by atoms with Gasteiger partial charge in [0, 0.05) is 0 Å². The van der Waals surface area contributed by atoms with Gasteiger partial charge in [-0.25, -0.2) is 0 Å². The molecule has 0 aliphatic heterocycles. The first-order chi connectivity index (χ1) is 16.4. The first-order valence-corrected chi connectivity index (χ1v) is 19.7. The summed E-state index contributed by atoms with van der Waals surface area (Å²) in [6.07, 6.45) is 19.4. The van der Waals surface area contributed by atoms with Gasteiger partial charge in [0.2, 0.25) is 0 Å². The van der Waals surface area contributed by atoms with Crippen LogP contribution in [0.5, 0.6) is 0 Å². The van der Waals surface area contributed by atoms with Gasteiger partial charge in [0.25, 0.3) is 0 Å². The zero-order valence-corrected chi connectivity index (χ0v) is 26.1. The van der Waals surface area contributed by atoms with Gasteiger partial charge >= 0.3 is 35.6 Å². The van der Waals surface area contributed by atoms with Gasteiger partial charge in [-0.05, 0) is 48.0 Å². The first-order valence-electron chi connectivity index (χ1n) is 14.4. The Hall–Kier alpha value is 1.56. The predicted octanol–water partition coefficient (Wildman–Crippen LogP) is 10.1. The normalized spacial score (nSPS) is 43.5. The topological polar surface area (TPSA) is 28.2 Å². The van der Waals surface area contributed by atoms with Crippen molar-refractivity contribution in [3.05, 3.63) is 10.6 Å². The van der Waals surface area contributed by atoms with Crippen LogP contribution in [-0.4, -0.2) is 34.7 Å². The predicted molar refractivity (Wildman–Crippen MR) is 150 cm³/mol. The number of rotatable bonds is 6. The molecule has 0 amide bonds. The molecule has 2 nitrogen and oxygen atoms in total. The Labute approximate surface area is 232 Å². The van der Waals surface area contributed by atoms with Crippen molar-refractivity contribution in [3.63, 3.8) is 0 Å². The van der Waals surface area contributed by atoms with Crippen LogP contribution in [0.1, 0.15) is 118 Å². The molecule has 0 spiro atoms. The molecule has 6 heteroatoms. The molecular weight excluding hydrogens is 515 g/mol. The molecule has 0 heterocycles. The third-order valence-corrected chi connectivity index (χ3v) is 11.0. The zero-order valence-electron chi connectivity index (χ0n) is 22.2. The monoisotopic (exact) mass is 564 g/mol. The summed E-state index contributed by atoms with van der Waals surface area (Å²) in [5, 5.41) is 12.7. The second-order valence-electron chi connectivity index (χ2n) is 12.2. The van der Waals surface area contributed by atoms with Crippen LogP contribution in [0, 0.1) is 23.7 Å². The van der Waals surface area contributed by atoms with Crippen LogP contribution in [-0.2, 0) is 17.0 Å². The summed E-state index contributed by atoms with van der Waals surface area (Å²) in [4.78, 5) is 0. The molecule has 0 bridgehead atoms. The zero-order chi connectivity index (χ0) is 24.5. The number of hydrogen-bond donors (Lipinski definition) is 0. The van der Waals surface area contributed by atoms with Gasteiger partial charge in [-0.15, -0.1) is 24.2 Å². The summed E-state index contributed by atoms with van der Waals surface area (Å²) in [7, 11) is 9.78. The van der Waals surface area contributed by atoms with E-state index in [0.717, 1.165) is 34.2 Å². The standard InChI is InChI=1S/C28H50N2S.2ClH.Ti/c1-19-13-15-23(21(3)17-19)29-25-9-5-7-11-27(25)31-28-12-8-6-10-26(28)30-24-16-14-20(2)18-22(24)4;;;/h19-28H,5-18H2,1-4H3;2*1H;/q-2;;;+2/p-2. The Balaban J connectivity index is 0.00000103. The number of halogens is 2. The molecule has 0 aromatic rings. The van der Waals surface area contributed by atoms with E-state index in [1.807, 2.05) is 0 Å². The van der Waals surface area contributed by atoms with E-state index in [1.54, 1.807) is 0 Å². The second kappa shape index (κ2) is 15.9. The van der Waals surface area contributed by atoms with Crippen LogP contribution in [0.25, 0.3) is 10.6 Å². The molecule has 4 aliphatic rings. The third kappa shape index (κ3) is 9.39. The summed E-state index contributed by atoms with van der Waals surface area (Å²) >= 11 is 1.80. The van der Waals surface area contributed by atoms with Crippen LogP contribution < -0.4 is 0 Å². The van der Waals surface area contributed by atoms with Crippen molar-refractivity contribution in [2.45, 2.75) is 152 Å². The fourth-order valence-corrected chi connectivity index (χ4v) is 9.10. The molecule has 0 saturated heterocycles. The molecule has 0 radical (unpaired) electrons. The van der Waals surface area contributed by atoms with E-state index in [9.17, 15) is 0 Å². The Morgan fingerprint density at radius 1 is 0.559 bits per heavy atom. The van der Waals surface area contributed by atoms with Gasteiger partial charge in [0.05, 0.1) is 0 Å². The van der Waals surface area contributed by atoms with E-state index in [-0.39, 0.29) is 0 Å². The summed E-state index contributed by atoms with van der Waals surface area (Å²) in [6.45, 7) is 9.81. The van der Waals surface area contributed by atoms with Gasteiger partial charge in [-0.1, -0.05) is 104 Å². The molecule has 0 N–H and O–H groups in total.